The van der Waals surface area contributed by atoms with Gasteiger partial charge < -0.3 is 15.5 Å². The summed E-state index contributed by atoms with van der Waals surface area (Å²) in [6.07, 6.45) is 2.80. The topological polar surface area (TPSA) is 92.2 Å². The molecule has 148 valence electrons. The van der Waals surface area contributed by atoms with E-state index in [1.807, 2.05) is 43.9 Å². The molecular weight excluding hydrogens is 356 g/mol. The first-order valence-corrected chi connectivity index (χ1v) is 9.83. The van der Waals surface area contributed by atoms with Crippen molar-refractivity contribution in [3.05, 3.63) is 40.7 Å². The van der Waals surface area contributed by atoms with Gasteiger partial charge in [-0.05, 0) is 57.2 Å². The van der Waals surface area contributed by atoms with Crippen LogP contribution in [0.15, 0.2) is 18.2 Å². The first-order valence-electron chi connectivity index (χ1n) is 9.83. The number of nitrogens with zero attached hydrogens (tertiary/aromatic N) is 4. The highest BCUT2D eigenvalue weighted by molar-refractivity contribution is 5.93. The van der Waals surface area contributed by atoms with Crippen LogP contribution in [0, 0.1) is 6.92 Å². The average molecular weight is 382 g/mol. The molecule has 1 aliphatic carbocycles. The van der Waals surface area contributed by atoms with E-state index in [0.717, 1.165) is 41.8 Å². The number of carbonyl (C=O) groups is 2. The molecule has 1 aromatic heterocycles. The lowest BCUT2D eigenvalue weighted by Crippen LogP contribution is -2.45. The van der Waals surface area contributed by atoms with Crippen molar-refractivity contribution in [2.75, 3.05) is 6.54 Å². The predicted molar refractivity (Wildman–Crippen MR) is 104 cm³/mol. The zero-order chi connectivity index (χ0) is 19.8. The number of hydrogen-bond acceptors (Lipinski definition) is 4. The highest BCUT2D eigenvalue weighted by Gasteiger charge is 2.28. The minimum absolute atomic E-state index is 0.0398. The fourth-order valence-electron chi connectivity index (χ4n) is 3.55. The zero-order valence-electron chi connectivity index (χ0n) is 16.5. The summed E-state index contributed by atoms with van der Waals surface area (Å²) in [6, 6.07) is 6.35. The van der Waals surface area contributed by atoms with Gasteiger partial charge in [-0.2, -0.15) is 0 Å². The SMILES string of the molecule is Cc1c(C(=O)NC2CC2)nnn1-c1cccc2c1CCN(C(=O)NC(C)C)C2. The largest absolute Gasteiger partial charge is 0.348 e. The molecule has 1 saturated carbocycles. The minimum atomic E-state index is -0.160. The molecule has 2 aromatic rings. The predicted octanol–water partition coefficient (Wildman–Crippen LogP) is 1.94. The van der Waals surface area contributed by atoms with Crippen molar-refractivity contribution in [3.8, 4) is 5.69 Å². The van der Waals surface area contributed by atoms with E-state index in [4.69, 9.17) is 0 Å². The van der Waals surface area contributed by atoms with Gasteiger partial charge in [-0.15, -0.1) is 5.10 Å². The van der Waals surface area contributed by atoms with E-state index in [0.29, 0.717) is 18.8 Å². The van der Waals surface area contributed by atoms with Crippen molar-refractivity contribution in [2.24, 2.45) is 0 Å². The van der Waals surface area contributed by atoms with Crippen molar-refractivity contribution in [1.82, 2.24) is 30.5 Å². The summed E-state index contributed by atoms with van der Waals surface area (Å²) in [6.45, 7) is 6.99. The fourth-order valence-corrected chi connectivity index (χ4v) is 3.55. The molecule has 8 heteroatoms. The summed E-state index contributed by atoms with van der Waals surface area (Å²) >= 11 is 0. The Morgan fingerprint density at radius 1 is 1.25 bits per heavy atom. The summed E-state index contributed by atoms with van der Waals surface area (Å²) in [4.78, 5) is 26.5. The number of carbonyl (C=O) groups excluding carboxylic acids is 2. The average Bonchev–Trinajstić information content (AvgIpc) is 3.39. The fraction of sp³-hybridized carbons (Fsp3) is 0.500. The summed E-state index contributed by atoms with van der Waals surface area (Å²) in [5.41, 5.74) is 4.28. The van der Waals surface area contributed by atoms with Gasteiger partial charge in [0.2, 0.25) is 0 Å². The van der Waals surface area contributed by atoms with E-state index in [2.05, 4.69) is 20.9 Å². The minimum Gasteiger partial charge on any atom is -0.348 e. The summed E-state index contributed by atoms with van der Waals surface area (Å²) < 4.78 is 1.74. The second-order valence-electron chi connectivity index (χ2n) is 7.87. The first-order chi connectivity index (χ1) is 13.4. The normalized spacial score (nSPS) is 16.1. The van der Waals surface area contributed by atoms with Gasteiger partial charge in [0.25, 0.3) is 5.91 Å². The second-order valence-corrected chi connectivity index (χ2v) is 7.87. The Balaban J connectivity index is 1.59. The molecule has 1 fully saturated rings. The molecule has 1 aromatic carbocycles. The van der Waals surface area contributed by atoms with Gasteiger partial charge in [0.1, 0.15) is 0 Å². The molecule has 0 bridgehead atoms. The van der Waals surface area contributed by atoms with Gasteiger partial charge in [-0.25, -0.2) is 9.48 Å². The standard InChI is InChI=1S/C20H26N6O2/c1-12(2)21-20(28)25-10-9-16-14(11-25)5-4-6-17(16)26-13(3)18(23-24-26)19(27)22-15-7-8-15/h4-6,12,15H,7-11H2,1-3H3,(H,21,28)(H,22,27). The summed E-state index contributed by atoms with van der Waals surface area (Å²) in [7, 11) is 0. The molecule has 0 saturated heterocycles. The molecule has 0 unspecified atom stereocenters. The number of urea groups is 1. The lowest BCUT2D eigenvalue weighted by molar-refractivity contribution is 0.0945. The molecule has 1 aliphatic heterocycles. The van der Waals surface area contributed by atoms with Crippen LogP contribution in [-0.4, -0.2) is 50.5 Å². The molecule has 2 heterocycles. The van der Waals surface area contributed by atoms with Crippen LogP contribution in [-0.2, 0) is 13.0 Å². The molecule has 3 amide bonds. The Labute approximate surface area is 164 Å². The Hall–Kier alpha value is -2.90. The Bertz CT molecular complexity index is 915. The van der Waals surface area contributed by atoms with Gasteiger partial charge in [0.05, 0.1) is 11.4 Å². The summed E-state index contributed by atoms with van der Waals surface area (Å²) in [5.74, 6) is -0.160. The van der Waals surface area contributed by atoms with Crippen molar-refractivity contribution < 1.29 is 9.59 Å². The molecule has 4 rings (SSSR count). The number of hydrogen-bond donors (Lipinski definition) is 2. The van der Waals surface area contributed by atoms with Crippen LogP contribution >= 0.6 is 0 Å². The van der Waals surface area contributed by atoms with Crippen molar-refractivity contribution in [1.29, 1.82) is 0 Å². The Morgan fingerprint density at radius 2 is 2.04 bits per heavy atom. The lowest BCUT2D eigenvalue weighted by atomic mass is 9.98. The number of nitrogens with one attached hydrogen (secondary N) is 2. The number of rotatable bonds is 4. The van der Waals surface area contributed by atoms with Gasteiger partial charge in [0.15, 0.2) is 5.69 Å². The van der Waals surface area contributed by atoms with Crippen molar-refractivity contribution in [2.45, 2.75) is 58.7 Å². The van der Waals surface area contributed by atoms with Gasteiger partial charge in [-0.3, -0.25) is 4.79 Å². The second kappa shape index (κ2) is 7.26. The summed E-state index contributed by atoms with van der Waals surface area (Å²) in [5, 5.41) is 14.3. The highest BCUT2D eigenvalue weighted by atomic mass is 16.2. The van der Waals surface area contributed by atoms with Crippen LogP contribution in [0.1, 0.15) is 54.0 Å². The number of benzene rings is 1. The third-order valence-corrected chi connectivity index (χ3v) is 5.19. The molecule has 28 heavy (non-hydrogen) atoms. The number of fused-ring (bicyclic) bond motifs is 1. The van der Waals surface area contributed by atoms with E-state index in [-0.39, 0.29) is 24.0 Å². The Morgan fingerprint density at radius 3 is 2.75 bits per heavy atom. The maximum Gasteiger partial charge on any atom is 0.317 e. The van der Waals surface area contributed by atoms with Crippen LogP contribution < -0.4 is 10.6 Å². The molecule has 0 radical (unpaired) electrons. The first kappa shape index (κ1) is 18.5. The van der Waals surface area contributed by atoms with Crippen molar-refractivity contribution >= 4 is 11.9 Å². The molecular formula is C20H26N6O2. The number of amides is 3. The van der Waals surface area contributed by atoms with Gasteiger partial charge >= 0.3 is 6.03 Å². The van der Waals surface area contributed by atoms with E-state index < -0.39 is 0 Å². The van der Waals surface area contributed by atoms with Crippen molar-refractivity contribution in [3.63, 3.8) is 0 Å². The Kier molecular flexibility index (Phi) is 4.78. The van der Waals surface area contributed by atoms with E-state index in [9.17, 15) is 9.59 Å². The van der Waals surface area contributed by atoms with Crippen LogP contribution in [0.2, 0.25) is 0 Å². The van der Waals surface area contributed by atoms with E-state index in [1.54, 1.807) is 4.68 Å². The monoisotopic (exact) mass is 382 g/mol. The van der Waals surface area contributed by atoms with E-state index >= 15 is 0 Å². The molecule has 0 spiro atoms. The van der Waals surface area contributed by atoms with Crippen LogP contribution in [0.25, 0.3) is 5.69 Å². The zero-order valence-corrected chi connectivity index (χ0v) is 16.5. The third kappa shape index (κ3) is 3.58. The molecule has 8 nitrogen and oxygen atoms in total. The van der Waals surface area contributed by atoms with Gasteiger partial charge in [-0.1, -0.05) is 17.3 Å². The highest BCUT2D eigenvalue weighted by Crippen LogP contribution is 2.26. The smallest absolute Gasteiger partial charge is 0.317 e. The maximum absolute atomic E-state index is 12.4. The quantitative estimate of drug-likeness (QED) is 0.845. The van der Waals surface area contributed by atoms with Gasteiger partial charge in [0, 0.05) is 25.2 Å². The molecule has 2 N–H and O–H groups in total. The third-order valence-electron chi connectivity index (χ3n) is 5.19. The maximum atomic E-state index is 12.4. The molecule has 2 aliphatic rings. The van der Waals surface area contributed by atoms with Crippen LogP contribution in [0.4, 0.5) is 4.79 Å². The molecule has 0 atom stereocenters. The van der Waals surface area contributed by atoms with Crippen LogP contribution in [0.3, 0.4) is 0 Å². The van der Waals surface area contributed by atoms with E-state index in [1.165, 1.54) is 0 Å². The van der Waals surface area contributed by atoms with Crippen LogP contribution in [0.5, 0.6) is 0 Å². The lowest BCUT2D eigenvalue weighted by Gasteiger charge is -2.30. The number of aromatic nitrogens is 3.